The number of amides is 2. The summed E-state index contributed by atoms with van der Waals surface area (Å²) in [4.78, 5) is 34.5. The smallest absolute Gasteiger partial charge is 0.326 e. The summed E-state index contributed by atoms with van der Waals surface area (Å²) in [5, 5.41) is 20.2. The van der Waals surface area contributed by atoms with Crippen molar-refractivity contribution >= 4 is 29.6 Å². The molecular weight excluding hydrogens is 300 g/mol. The van der Waals surface area contributed by atoms with Crippen LogP contribution in [0.3, 0.4) is 0 Å². The van der Waals surface area contributed by atoms with Crippen molar-refractivity contribution in [3.63, 3.8) is 0 Å². The number of nitrogens with one attached hydrogen (secondary N) is 1. The van der Waals surface area contributed by atoms with Crippen LogP contribution in [0.25, 0.3) is 0 Å². The summed E-state index contributed by atoms with van der Waals surface area (Å²) in [5.74, 6) is -2.70. The fourth-order valence-electron chi connectivity index (χ4n) is 1.57. The molecule has 0 fully saturated rings. The minimum Gasteiger partial charge on any atom is -0.481 e. The molecule has 114 valence electrons. The molecule has 0 radical (unpaired) electrons. The van der Waals surface area contributed by atoms with Gasteiger partial charge in [0, 0.05) is 18.6 Å². The minimum atomic E-state index is -1.47. The lowest BCUT2D eigenvalue weighted by molar-refractivity contribution is -0.145. The number of aliphatic carboxylic acids is 2. The van der Waals surface area contributed by atoms with Crippen molar-refractivity contribution in [2.24, 2.45) is 0 Å². The van der Waals surface area contributed by atoms with Gasteiger partial charge in [-0.15, -0.1) is 0 Å². The Bertz CT molecular complexity index is 532. The van der Waals surface area contributed by atoms with Gasteiger partial charge in [0.2, 0.25) is 0 Å². The molecule has 0 saturated heterocycles. The predicted octanol–water partition coefficient (Wildman–Crippen LogP) is 1.41. The summed E-state index contributed by atoms with van der Waals surface area (Å²) in [6.45, 7) is 0.239. The van der Waals surface area contributed by atoms with Crippen LogP contribution in [0.2, 0.25) is 5.02 Å². The summed E-state index contributed by atoms with van der Waals surface area (Å²) in [5.41, 5.74) is 0.808. The number of carbonyl (C=O) groups excluding carboxylic acids is 1. The molecule has 0 saturated carbocycles. The van der Waals surface area contributed by atoms with Gasteiger partial charge in [0.1, 0.15) is 6.04 Å². The number of hydrogen-bond donors (Lipinski definition) is 3. The zero-order chi connectivity index (χ0) is 16.0. The Morgan fingerprint density at radius 2 is 1.81 bits per heavy atom. The van der Waals surface area contributed by atoms with E-state index in [1.807, 2.05) is 0 Å². The molecule has 1 aromatic carbocycles. The fraction of sp³-hybridized carbons (Fsp3) is 0.308. The molecule has 0 aromatic heterocycles. The van der Waals surface area contributed by atoms with Crippen molar-refractivity contribution in [2.75, 3.05) is 7.05 Å². The minimum absolute atomic E-state index is 0.239. The Balaban J connectivity index is 2.62. The number of carboxylic acids is 2. The Morgan fingerprint density at radius 3 is 2.29 bits per heavy atom. The van der Waals surface area contributed by atoms with Crippen molar-refractivity contribution in [1.29, 1.82) is 0 Å². The van der Waals surface area contributed by atoms with Crippen LogP contribution >= 0.6 is 11.6 Å². The second kappa shape index (κ2) is 7.49. The van der Waals surface area contributed by atoms with E-state index in [1.165, 1.54) is 11.9 Å². The zero-order valence-electron chi connectivity index (χ0n) is 11.2. The van der Waals surface area contributed by atoms with Crippen LogP contribution < -0.4 is 5.32 Å². The van der Waals surface area contributed by atoms with Gasteiger partial charge < -0.3 is 20.4 Å². The average molecular weight is 315 g/mol. The van der Waals surface area contributed by atoms with E-state index in [4.69, 9.17) is 21.8 Å². The second-order valence-corrected chi connectivity index (χ2v) is 4.86. The Hall–Kier alpha value is -2.28. The lowest BCUT2D eigenvalue weighted by Gasteiger charge is -2.20. The first kappa shape index (κ1) is 16.8. The van der Waals surface area contributed by atoms with Gasteiger partial charge in [-0.05, 0) is 17.7 Å². The highest BCUT2D eigenvalue weighted by Gasteiger charge is 2.24. The molecule has 1 aromatic rings. The molecule has 0 heterocycles. The Labute approximate surface area is 126 Å². The summed E-state index contributed by atoms with van der Waals surface area (Å²) in [7, 11) is 1.48. The normalized spacial score (nSPS) is 11.5. The molecule has 8 heteroatoms. The highest BCUT2D eigenvalue weighted by Crippen LogP contribution is 2.11. The topological polar surface area (TPSA) is 107 Å². The molecule has 0 unspecified atom stereocenters. The standard InChI is InChI=1S/C13H15ClN2O5/c1-16(7-8-2-4-9(14)5-3-8)13(21)15-10(12(19)20)6-11(17)18/h2-5,10H,6-7H2,1H3,(H,15,21)(H,17,18)(H,19,20)/t10-/m0/s1. The van der Waals surface area contributed by atoms with Gasteiger partial charge in [0.15, 0.2) is 0 Å². The van der Waals surface area contributed by atoms with Crippen LogP contribution in [0.5, 0.6) is 0 Å². The average Bonchev–Trinajstić information content (AvgIpc) is 2.39. The molecule has 0 spiro atoms. The van der Waals surface area contributed by atoms with E-state index < -0.39 is 30.4 Å². The van der Waals surface area contributed by atoms with Crippen LogP contribution in [0.15, 0.2) is 24.3 Å². The lowest BCUT2D eigenvalue weighted by atomic mass is 10.2. The first-order valence-corrected chi connectivity index (χ1v) is 6.38. The molecule has 3 N–H and O–H groups in total. The van der Waals surface area contributed by atoms with E-state index in [2.05, 4.69) is 5.32 Å². The van der Waals surface area contributed by atoms with E-state index in [-0.39, 0.29) is 6.54 Å². The summed E-state index contributed by atoms with van der Waals surface area (Å²) in [6, 6.07) is 4.68. The summed E-state index contributed by atoms with van der Waals surface area (Å²) in [6.07, 6.45) is -0.685. The van der Waals surface area contributed by atoms with Crippen LogP contribution in [0, 0.1) is 0 Å². The van der Waals surface area contributed by atoms with Crippen LogP contribution in [-0.2, 0) is 16.1 Å². The molecule has 1 atom stereocenters. The number of rotatable bonds is 6. The molecule has 0 aliphatic rings. The Morgan fingerprint density at radius 1 is 1.24 bits per heavy atom. The molecule has 0 aliphatic heterocycles. The zero-order valence-corrected chi connectivity index (χ0v) is 12.0. The number of urea groups is 1. The second-order valence-electron chi connectivity index (χ2n) is 4.42. The van der Waals surface area contributed by atoms with Gasteiger partial charge >= 0.3 is 18.0 Å². The SMILES string of the molecule is CN(Cc1ccc(Cl)cc1)C(=O)N[C@@H](CC(=O)O)C(=O)O. The number of carboxylic acid groups (broad SMARTS) is 2. The fourth-order valence-corrected chi connectivity index (χ4v) is 1.70. The van der Waals surface area contributed by atoms with Crippen LogP contribution in [0.4, 0.5) is 4.79 Å². The molecule has 21 heavy (non-hydrogen) atoms. The van der Waals surface area contributed by atoms with Gasteiger partial charge in [-0.2, -0.15) is 0 Å². The number of halogens is 1. The van der Waals surface area contributed by atoms with Gasteiger partial charge in [-0.3, -0.25) is 4.79 Å². The van der Waals surface area contributed by atoms with Gasteiger partial charge in [0.05, 0.1) is 6.42 Å². The number of benzene rings is 1. The quantitative estimate of drug-likeness (QED) is 0.736. The first-order valence-electron chi connectivity index (χ1n) is 6.00. The predicted molar refractivity (Wildman–Crippen MR) is 75.1 cm³/mol. The third kappa shape index (κ3) is 5.70. The summed E-state index contributed by atoms with van der Waals surface area (Å²) >= 11 is 5.75. The number of carbonyl (C=O) groups is 3. The molecule has 1 rings (SSSR count). The van der Waals surface area contributed by atoms with Crippen molar-refractivity contribution in [3.05, 3.63) is 34.9 Å². The molecular formula is C13H15ClN2O5. The van der Waals surface area contributed by atoms with Gasteiger partial charge in [-0.25, -0.2) is 9.59 Å². The maximum absolute atomic E-state index is 11.8. The highest BCUT2D eigenvalue weighted by atomic mass is 35.5. The third-order valence-electron chi connectivity index (χ3n) is 2.65. The Kier molecular flexibility index (Phi) is 5.98. The maximum Gasteiger partial charge on any atom is 0.326 e. The number of hydrogen-bond acceptors (Lipinski definition) is 3. The van der Waals surface area contributed by atoms with Crippen molar-refractivity contribution < 1.29 is 24.6 Å². The van der Waals surface area contributed by atoms with Crippen LogP contribution in [0.1, 0.15) is 12.0 Å². The van der Waals surface area contributed by atoms with Crippen molar-refractivity contribution in [1.82, 2.24) is 10.2 Å². The van der Waals surface area contributed by atoms with Crippen LogP contribution in [-0.4, -0.2) is 46.2 Å². The molecule has 7 nitrogen and oxygen atoms in total. The van der Waals surface area contributed by atoms with E-state index >= 15 is 0 Å². The first-order chi connectivity index (χ1) is 9.79. The molecule has 0 bridgehead atoms. The van der Waals surface area contributed by atoms with E-state index in [0.717, 1.165) is 5.56 Å². The third-order valence-corrected chi connectivity index (χ3v) is 2.91. The van der Waals surface area contributed by atoms with E-state index in [0.29, 0.717) is 5.02 Å². The van der Waals surface area contributed by atoms with E-state index in [1.54, 1.807) is 24.3 Å². The van der Waals surface area contributed by atoms with Gasteiger partial charge in [-0.1, -0.05) is 23.7 Å². The lowest BCUT2D eigenvalue weighted by Crippen LogP contribution is -2.47. The van der Waals surface area contributed by atoms with Crippen molar-refractivity contribution in [3.8, 4) is 0 Å². The van der Waals surface area contributed by atoms with E-state index in [9.17, 15) is 14.4 Å². The highest BCUT2D eigenvalue weighted by molar-refractivity contribution is 6.30. The summed E-state index contributed by atoms with van der Waals surface area (Å²) < 4.78 is 0. The number of nitrogens with zero attached hydrogens (tertiary/aromatic N) is 1. The van der Waals surface area contributed by atoms with Crippen molar-refractivity contribution in [2.45, 2.75) is 19.0 Å². The maximum atomic E-state index is 11.8. The van der Waals surface area contributed by atoms with Gasteiger partial charge in [0.25, 0.3) is 0 Å². The largest absolute Gasteiger partial charge is 0.481 e. The molecule has 0 aliphatic carbocycles. The monoisotopic (exact) mass is 314 g/mol. The molecule has 2 amide bonds.